The van der Waals surface area contributed by atoms with Crippen LogP contribution >= 0.6 is 0 Å². The van der Waals surface area contributed by atoms with E-state index in [0.29, 0.717) is 30.9 Å². The molecular formula is C24H25F5N8O2. The largest absolute Gasteiger partial charge is 0.479 e. The van der Waals surface area contributed by atoms with Crippen molar-refractivity contribution in [2.75, 3.05) is 39.1 Å². The molecule has 2 aliphatic rings. The minimum absolute atomic E-state index is 0.0408. The van der Waals surface area contributed by atoms with Crippen LogP contribution in [0.25, 0.3) is 27.7 Å². The third-order valence-electron chi connectivity index (χ3n) is 7.58. The third kappa shape index (κ3) is 4.23. The summed E-state index contributed by atoms with van der Waals surface area (Å²) in [4.78, 5) is 5.86. The number of anilines is 1. The minimum atomic E-state index is -4.57. The van der Waals surface area contributed by atoms with E-state index in [0.717, 1.165) is 11.6 Å². The summed E-state index contributed by atoms with van der Waals surface area (Å²) in [5.41, 5.74) is 7.41. The lowest BCUT2D eigenvalue weighted by atomic mass is 9.83. The van der Waals surface area contributed by atoms with Gasteiger partial charge in [0.05, 0.1) is 44.3 Å². The monoisotopic (exact) mass is 552 g/mol. The zero-order valence-electron chi connectivity index (χ0n) is 21.0. The van der Waals surface area contributed by atoms with Gasteiger partial charge in [0.1, 0.15) is 17.1 Å². The normalized spacial score (nSPS) is 21.4. The highest BCUT2D eigenvalue weighted by molar-refractivity contribution is 5.92. The van der Waals surface area contributed by atoms with Gasteiger partial charge in [0, 0.05) is 11.8 Å². The van der Waals surface area contributed by atoms with E-state index in [1.54, 1.807) is 11.0 Å². The van der Waals surface area contributed by atoms with Crippen molar-refractivity contribution in [1.29, 1.82) is 0 Å². The molecule has 2 saturated heterocycles. The molecule has 0 radical (unpaired) electrons. The number of hydrogen-bond donors (Lipinski definition) is 1. The van der Waals surface area contributed by atoms with Crippen LogP contribution in [0.2, 0.25) is 0 Å². The number of ether oxygens (including phenoxy) is 2. The maximum atomic E-state index is 15.8. The lowest BCUT2D eigenvalue weighted by molar-refractivity contribution is -0.164. The van der Waals surface area contributed by atoms with Gasteiger partial charge in [0.15, 0.2) is 0 Å². The molecule has 0 saturated carbocycles. The van der Waals surface area contributed by atoms with E-state index < -0.39 is 30.6 Å². The van der Waals surface area contributed by atoms with Gasteiger partial charge in [-0.3, -0.25) is 4.90 Å². The zero-order chi connectivity index (χ0) is 27.7. The summed E-state index contributed by atoms with van der Waals surface area (Å²) < 4.78 is 84.9. The number of rotatable bonds is 5. The molecule has 6 rings (SSSR count). The number of nitrogens with two attached hydrogens (primary N) is 1. The summed E-state index contributed by atoms with van der Waals surface area (Å²) in [6.45, 7) is 1.81. The Bertz CT molecular complexity index is 1550. The maximum Gasteiger partial charge on any atom is 0.410 e. The first-order valence-electron chi connectivity index (χ1n) is 12.3. The molecule has 0 amide bonds. The molecule has 2 atom stereocenters. The van der Waals surface area contributed by atoms with Crippen molar-refractivity contribution in [3.05, 3.63) is 30.0 Å². The summed E-state index contributed by atoms with van der Waals surface area (Å²) in [6.07, 6.45) is -2.95. The SMILES string of the molecule is COc1nc(N)nn2cc([C@H]3CCN(C4COC4)CC3(F)F)c(-c3ccc4nnn([C@H](C)C(F)(F)F)c4c3)c12. The Morgan fingerprint density at radius 3 is 2.64 bits per heavy atom. The lowest BCUT2D eigenvalue weighted by Crippen LogP contribution is -2.57. The third-order valence-corrected chi connectivity index (χ3v) is 7.58. The fourth-order valence-electron chi connectivity index (χ4n) is 5.41. The standard InChI is InChI=1S/C24H25F5N8O2/c1-12(24(27,28)29)37-18-7-13(3-4-17(18)32-34-37)19-15(8-36-20(19)21(38-2)31-22(30)33-36)16-5-6-35(11-23(16,25)26)14-9-39-10-14/h3-4,7-8,12,14,16H,5-6,9-11H2,1-2H3,(H2,30,33)/t12-,16-/m1/s1. The summed E-state index contributed by atoms with van der Waals surface area (Å²) in [5, 5.41) is 11.8. The number of likely N-dealkylation sites (tertiary alicyclic amines) is 1. The molecule has 2 aliphatic heterocycles. The van der Waals surface area contributed by atoms with Crippen molar-refractivity contribution in [2.45, 2.75) is 43.4 Å². The number of nitrogen functional groups attached to an aromatic ring is 1. The topological polar surface area (TPSA) is 109 Å². The van der Waals surface area contributed by atoms with E-state index in [4.69, 9.17) is 15.2 Å². The van der Waals surface area contributed by atoms with Crippen LogP contribution in [0.5, 0.6) is 5.88 Å². The molecule has 3 aromatic heterocycles. The van der Waals surface area contributed by atoms with Crippen LogP contribution in [0, 0.1) is 0 Å². The summed E-state index contributed by atoms with van der Waals surface area (Å²) >= 11 is 0. The maximum absolute atomic E-state index is 15.8. The highest BCUT2D eigenvalue weighted by atomic mass is 19.4. The number of methoxy groups -OCH3 is 1. The number of nitrogens with zero attached hydrogens (tertiary/aromatic N) is 7. The number of benzene rings is 1. The highest BCUT2D eigenvalue weighted by Gasteiger charge is 2.49. The second-order valence-electron chi connectivity index (χ2n) is 9.95. The molecular weight excluding hydrogens is 527 g/mol. The molecule has 10 nitrogen and oxygen atoms in total. The molecule has 4 aromatic rings. The Morgan fingerprint density at radius 2 is 2.00 bits per heavy atom. The number of hydrogen-bond acceptors (Lipinski definition) is 8. The quantitative estimate of drug-likeness (QED) is 0.374. The molecule has 1 aromatic carbocycles. The molecule has 0 unspecified atom stereocenters. The summed E-state index contributed by atoms with van der Waals surface area (Å²) in [5.74, 6) is -4.40. The fourth-order valence-corrected chi connectivity index (χ4v) is 5.41. The molecule has 15 heteroatoms. The Kier molecular flexibility index (Phi) is 5.91. The van der Waals surface area contributed by atoms with Gasteiger partial charge in [-0.25, -0.2) is 18.0 Å². The Morgan fingerprint density at radius 1 is 1.23 bits per heavy atom. The highest BCUT2D eigenvalue weighted by Crippen LogP contribution is 2.48. The van der Waals surface area contributed by atoms with Gasteiger partial charge in [-0.15, -0.1) is 10.2 Å². The number of aromatic nitrogens is 6. The van der Waals surface area contributed by atoms with Crippen molar-refractivity contribution in [3.8, 4) is 17.0 Å². The van der Waals surface area contributed by atoms with Gasteiger partial charge in [-0.05, 0) is 43.1 Å². The van der Waals surface area contributed by atoms with E-state index in [9.17, 15) is 13.2 Å². The second kappa shape index (κ2) is 8.98. The molecule has 208 valence electrons. The average Bonchev–Trinajstić information content (AvgIpc) is 3.41. The number of fused-ring (bicyclic) bond motifs is 2. The molecule has 0 spiro atoms. The Balaban J connectivity index is 1.53. The number of piperidine rings is 1. The van der Waals surface area contributed by atoms with Crippen molar-refractivity contribution in [1.82, 2.24) is 34.5 Å². The lowest BCUT2D eigenvalue weighted by Gasteiger charge is -2.44. The van der Waals surface area contributed by atoms with Crippen LogP contribution < -0.4 is 10.5 Å². The number of alkyl halides is 5. The first kappa shape index (κ1) is 25.7. The summed E-state index contributed by atoms with van der Waals surface area (Å²) in [6, 6.07) is 2.58. The van der Waals surface area contributed by atoms with Crippen LogP contribution in [0.3, 0.4) is 0 Å². The molecule has 2 fully saturated rings. The van der Waals surface area contributed by atoms with Gasteiger partial charge >= 0.3 is 6.18 Å². The van der Waals surface area contributed by atoms with Crippen molar-refractivity contribution in [2.24, 2.45) is 0 Å². The van der Waals surface area contributed by atoms with E-state index in [1.807, 2.05) is 0 Å². The van der Waals surface area contributed by atoms with E-state index >= 15 is 8.78 Å². The predicted octanol–water partition coefficient (Wildman–Crippen LogP) is 3.68. The van der Waals surface area contributed by atoms with Gasteiger partial charge < -0.3 is 15.2 Å². The minimum Gasteiger partial charge on any atom is -0.479 e. The fraction of sp³-hybridized carbons (Fsp3) is 0.500. The van der Waals surface area contributed by atoms with Gasteiger partial charge in [0.2, 0.25) is 11.8 Å². The summed E-state index contributed by atoms with van der Waals surface area (Å²) in [7, 11) is 1.36. The van der Waals surface area contributed by atoms with Crippen molar-refractivity contribution in [3.63, 3.8) is 0 Å². The van der Waals surface area contributed by atoms with E-state index in [2.05, 4.69) is 20.4 Å². The van der Waals surface area contributed by atoms with Gasteiger partial charge in [-0.2, -0.15) is 18.2 Å². The Labute approximate surface area is 218 Å². The molecule has 0 bridgehead atoms. The van der Waals surface area contributed by atoms with Crippen LogP contribution in [-0.2, 0) is 4.74 Å². The molecule has 5 heterocycles. The van der Waals surface area contributed by atoms with E-state index in [-0.39, 0.29) is 46.4 Å². The zero-order valence-corrected chi connectivity index (χ0v) is 21.0. The van der Waals surface area contributed by atoms with Gasteiger partial charge in [-0.1, -0.05) is 11.3 Å². The molecule has 2 N–H and O–H groups in total. The van der Waals surface area contributed by atoms with Crippen LogP contribution in [0.4, 0.5) is 27.9 Å². The first-order chi connectivity index (χ1) is 18.5. The molecule has 0 aliphatic carbocycles. The Hall–Kier alpha value is -3.59. The van der Waals surface area contributed by atoms with Crippen LogP contribution in [-0.4, -0.2) is 86.0 Å². The molecule has 39 heavy (non-hydrogen) atoms. The number of halogens is 5. The van der Waals surface area contributed by atoms with Crippen molar-refractivity contribution >= 4 is 22.5 Å². The van der Waals surface area contributed by atoms with Crippen LogP contribution in [0.1, 0.15) is 30.9 Å². The smallest absolute Gasteiger partial charge is 0.410 e. The predicted molar refractivity (Wildman–Crippen MR) is 130 cm³/mol. The first-order valence-corrected chi connectivity index (χ1v) is 12.3. The second-order valence-corrected chi connectivity index (χ2v) is 9.95. The average molecular weight is 553 g/mol. The van der Waals surface area contributed by atoms with Gasteiger partial charge in [0.25, 0.3) is 5.92 Å². The van der Waals surface area contributed by atoms with Crippen molar-refractivity contribution < 1.29 is 31.4 Å². The van der Waals surface area contributed by atoms with E-state index in [1.165, 1.54) is 30.0 Å². The van der Waals surface area contributed by atoms with Crippen LogP contribution in [0.15, 0.2) is 24.4 Å².